The van der Waals surface area contributed by atoms with Gasteiger partial charge in [0.15, 0.2) is 0 Å². The molecule has 1 aliphatic rings. The molecule has 0 saturated heterocycles. The Morgan fingerprint density at radius 2 is 2.05 bits per heavy atom. The monoisotopic (exact) mass is 263 g/mol. The van der Waals surface area contributed by atoms with Crippen molar-refractivity contribution in [2.24, 2.45) is 0 Å². The van der Waals surface area contributed by atoms with Gasteiger partial charge in [-0.15, -0.1) is 0 Å². The van der Waals surface area contributed by atoms with E-state index in [1.165, 1.54) is 0 Å². The lowest BCUT2D eigenvalue weighted by molar-refractivity contribution is -0.0149. The van der Waals surface area contributed by atoms with Crippen molar-refractivity contribution in [3.63, 3.8) is 0 Å². The van der Waals surface area contributed by atoms with Gasteiger partial charge in [0, 0.05) is 19.2 Å². The number of hydrogen-bond acceptors (Lipinski definition) is 4. The van der Waals surface area contributed by atoms with Gasteiger partial charge in [0.05, 0.1) is 11.7 Å². The summed E-state index contributed by atoms with van der Waals surface area (Å²) in [6.07, 6.45) is 3.96. The predicted molar refractivity (Wildman–Crippen MR) is 74.1 cm³/mol. The summed E-state index contributed by atoms with van der Waals surface area (Å²) in [4.78, 5) is 12.1. The van der Waals surface area contributed by atoms with E-state index in [4.69, 9.17) is 15.2 Å². The average Bonchev–Trinajstić information content (AvgIpc) is 2.38. The zero-order valence-corrected chi connectivity index (χ0v) is 11.5. The molecule has 0 aliphatic heterocycles. The fourth-order valence-electron chi connectivity index (χ4n) is 2.55. The second-order valence-electron chi connectivity index (χ2n) is 5.13. The molecule has 19 heavy (non-hydrogen) atoms. The van der Waals surface area contributed by atoms with Gasteiger partial charge in [-0.25, -0.2) is 4.79 Å². The minimum absolute atomic E-state index is 0.0387. The Morgan fingerprint density at radius 3 is 2.74 bits per heavy atom. The minimum atomic E-state index is -0.265. The van der Waals surface area contributed by atoms with E-state index in [9.17, 15) is 4.79 Å². The van der Waals surface area contributed by atoms with E-state index in [-0.39, 0.29) is 18.2 Å². The normalized spacial score (nSPS) is 23.1. The number of anilines is 1. The highest BCUT2D eigenvalue weighted by atomic mass is 16.5. The number of benzene rings is 1. The number of esters is 1. The maximum absolute atomic E-state index is 12.1. The third-order valence-corrected chi connectivity index (χ3v) is 3.66. The molecule has 0 bridgehead atoms. The summed E-state index contributed by atoms with van der Waals surface area (Å²) in [5, 5.41) is 0. The van der Waals surface area contributed by atoms with Crippen LogP contribution in [-0.2, 0) is 9.47 Å². The highest BCUT2D eigenvalue weighted by Gasteiger charge is 2.25. The van der Waals surface area contributed by atoms with Crippen LogP contribution in [0.25, 0.3) is 0 Å². The Morgan fingerprint density at radius 1 is 1.32 bits per heavy atom. The number of nitrogens with two attached hydrogens (primary N) is 1. The third-order valence-electron chi connectivity index (χ3n) is 3.66. The van der Waals surface area contributed by atoms with E-state index in [0.29, 0.717) is 11.3 Å². The molecule has 4 nitrogen and oxygen atoms in total. The molecule has 2 atom stereocenters. The molecule has 1 saturated carbocycles. The number of carbonyl (C=O) groups excluding carboxylic acids is 1. The fraction of sp³-hybridized carbons (Fsp3) is 0.533. The van der Waals surface area contributed by atoms with Crippen LogP contribution in [0.15, 0.2) is 18.2 Å². The first-order valence-corrected chi connectivity index (χ1v) is 6.70. The van der Waals surface area contributed by atoms with Gasteiger partial charge in [0.2, 0.25) is 0 Å². The summed E-state index contributed by atoms with van der Waals surface area (Å²) in [6, 6.07) is 5.24. The summed E-state index contributed by atoms with van der Waals surface area (Å²) in [5.41, 5.74) is 7.78. The Labute approximate surface area is 113 Å². The Balaban J connectivity index is 2.00. The number of hydrogen-bond donors (Lipinski definition) is 1. The van der Waals surface area contributed by atoms with Crippen LogP contribution in [0.1, 0.15) is 41.6 Å². The quantitative estimate of drug-likeness (QED) is 0.672. The molecule has 104 valence electrons. The summed E-state index contributed by atoms with van der Waals surface area (Å²) < 4.78 is 10.9. The molecule has 0 radical (unpaired) electrons. The van der Waals surface area contributed by atoms with Gasteiger partial charge in [-0.1, -0.05) is 0 Å². The van der Waals surface area contributed by atoms with Crippen LogP contribution >= 0.6 is 0 Å². The second kappa shape index (κ2) is 6.06. The molecule has 1 fully saturated rings. The van der Waals surface area contributed by atoms with E-state index < -0.39 is 0 Å². The van der Waals surface area contributed by atoms with Crippen LogP contribution in [0.4, 0.5) is 5.69 Å². The van der Waals surface area contributed by atoms with Crippen LogP contribution in [0, 0.1) is 6.92 Å². The first-order valence-electron chi connectivity index (χ1n) is 6.70. The lowest BCUT2D eigenvalue weighted by Gasteiger charge is -2.28. The van der Waals surface area contributed by atoms with Gasteiger partial charge in [-0.3, -0.25) is 0 Å². The number of methoxy groups -OCH3 is 1. The molecule has 1 aliphatic carbocycles. The fourth-order valence-corrected chi connectivity index (χ4v) is 2.55. The smallest absolute Gasteiger partial charge is 0.338 e. The molecule has 1 aromatic rings. The molecule has 0 heterocycles. The Kier molecular flexibility index (Phi) is 4.43. The number of carbonyl (C=O) groups is 1. The van der Waals surface area contributed by atoms with Crippen LogP contribution in [0.5, 0.6) is 0 Å². The maximum atomic E-state index is 12.1. The van der Waals surface area contributed by atoms with E-state index in [1.807, 2.05) is 6.92 Å². The van der Waals surface area contributed by atoms with Crippen molar-refractivity contribution >= 4 is 11.7 Å². The first kappa shape index (κ1) is 13.9. The zero-order chi connectivity index (χ0) is 13.8. The van der Waals surface area contributed by atoms with Crippen molar-refractivity contribution in [2.75, 3.05) is 12.8 Å². The lowest BCUT2D eigenvalue weighted by Crippen LogP contribution is -2.29. The van der Waals surface area contributed by atoms with Gasteiger partial charge in [0.1, 0.15) is 6.10 Å². The Bertz CT molecular complexity index is 459. The molecule has 2 rings (SSSR count). The van der Waals surface area contributed by atoms with Gasteiger partial charge in [-0.2, -0.15) is 0 Å². The summed E-state index contributed by atoms with van der Waals surface area (Å²) in [7, 11) is 1.71. The number of rotatable bonds is 3. The second-order valence-corrected chi connectivity index (χ2v) is 5.13. The molecule has 2 unspecified atom stereocenters. The molecular formula is C15H21NO3. The van der Waals surface area contributed by atoms with Gasteiger partial charge in [-0.05, 0) is 49.9 Å². The van der Waals surface area contributed by atoms with Crippen molar-refractivity contribution in [3.05, 3.63) is 29.3 Å². The largest absolute Gasteiger partial charge is 0.459 e. The van der Waals surface area contributed by atoms with Crippen molar-refractivity contribution in [3.8, 4) is 0 Å². The van der Waals surface area contributed by atoms with Crippen molar-refractivity contribution < 1.29 is 14.3 Å². The van der Waals surface area contributed by atoms with Crippen LogP contribution < -0.4 is 5.73 Å². The third kappa shape index (κ3) is 3.47. The number of ether oxygens (including phenoxy) is 2. The maximum Gasteiger partial charge on any atom is 0.338 e. The van der Waals surface area contributed by atoms with Gasteiger partial charge >= 0.3 is 5.97 Å². The molecule has 0 aromatic heterocycles. The van der Waals surface area contributed by atoms with Crippen molar-refractivity contribution in [1.82, 2.24) is 0 Å². The molecule has 4 heteroatoms. The standard InChI is InChI=1S/C15H21NO3/c1-10-8-11(16)6-7-14(10)15(17)19-13-5-3-4-12(9-13)18-2/h6-8,12-13H,3-5,9,16H2,1-2H3. The number of nitrogen functional groups attached to an aromatic ring is 1. The number of aryl methyl sites for hydroxylation is 1. The highest BCUT2D eigenvalue weighted by molar-refractivity contribution is 5.91. The topological polar surface area (TPSA) is 61.5 Å². The Hall–Kier alpha value is -1.55. The van der Waals surface area contributed by atoms with E-state index in [0.717, 1.165) is 31.2 Å². The SMILES string of the molecule is COC1CCCC(OC(=O)c2ccc(N)cc2C)C1. The van der Waals surface area contributed by atoms with Crippen LogP contribution in [0.2, 0.25) is 0 Å². The molecule has 2 N–H and O–H groups in total. The van der Waals surface area contributed by atoms with Gasteiger partial charge < -0.3 is 15.2 Å². The predicted octanol–water partition coefficient (Wildman–Crippen LogP) is 2.69. The van der Waals surface area contributed by atoms with Crippen molar-refractivity contribution in [2.45, 2.75) is 44.8 Å². The van der Waals surface area contributed by atoms with Gasteiger partial charge in [0.25, 0.3) is 0 Å². The first-order chi connectivity index (χ1) is 9.10. The molecule has 0 amide bonds. The summed E-state index contributed by atoms with van der Waals surface area (Å²) >= 11 is 0. The van der Waals surface area contributed by atoms with E-state index in [1.54, 1.807) is 25.3 Å². The van der Waals surface area contributed by atoms with Crippen LogP contribution in [-0.4, -0.2) is 25.3 Å². The average molecular weight is 263 g/mol. The lowest BCUT2D eigenvalue weighted by atomic mass is 9.95. The summed E-state index contributed by atoms with van der Waals surface area (Å²) in [5.74, 6) is -0.265. The van der Waals surface area contributed by atoms with Crippen LogP contribution in [0.3, 0.4) is 0 Å². The highest BCUT2D eigenvalue weighted by Crippen LogP contribution is 2.24. The molecule has 1 aromatic carbocycles. The van der Waals surface area contributed by atoms with Crippen molar-refractivity contribution in [1.29, 1.82) is 0 Å². The zero-order valence-electron chi connectivity index (χ0n) is 11.5. The molecule has 0 spiro atoms. The minimum Gasteiger partial charge on any atom is -0.459 e. The molecular weight excluding hydrogens is 242 g/mol. The van der Waals surface area contributed by atoms with E-state index >= 15 is 0 Å². The van der Waals surface area contributed by atoms with E-state index in [2.05, 4.69) is 0 Å². The summed E-state index contributed by atoms with van der Waals surface area (Å²) in [6.45, 7) is 1.87.